The zero-order valence-corrected chi connectivity index (χ0v) is 15.6. The molecule has 1 saturated carbocycles. The zero-order chi connectivity index (χ0) is 20.7. The van der Waals surface area contributed by atoms with Crippen LogP contribution in [0.2, 0.25) is 0 Å². The van der Waals surface area contributed by atoms with Crippen LogP contribution in [0.5, 0.6) is 0 Å². The summed E-state index contributed by atoms with van der Waals surface area (Å²) in [5.41, 5.74) is 1.49. The lowest BCUT2D eigenvalue weighted by molar-refractivity contribution is -0.124. The minimum Gasteiger partial charge on any atom is -0.367 e. The molecule has 0 atom stereocenters. The molecule has 3 aromatic rings. The van der Waals surface area contributed by atoms with Gasteiger partial charge in [-0.05, 0) is 18.9 Å². The Morgan fingerprint density at radius 2 is 2.10 bits per heavy atom. The number of amides is 3. The molecule has 150 valence electrons. The van der Waals surface area contributed by atoms with Crippen LogP contribution in [0, 0.1) is 0 Å². The number of anilines is 2. The first kappa shape index (κ1) is 17.9. The second-order valence-electron chi connectivity index (χ2n) is 7.05. The molecule has 11 heteroatoms. The van der Waals surface area contributed by atoms with Gasteiger partial charge in [-0.15, -0.1) is 0 Å². The van der Waals surface area contributed by atoms with E-state index < -0.39 is 11.8 Å². The van der Waals surface area contributed by atoms with Gasteiger partial charge in [0.1, 0.15) is 17.3 Å². The van der Waals surface area contributed by atoms with Crippen LogP contribution in [0.3, 0.4) is 0 Å². The van der Waals surface area contributed by atoms with Crippen molar-refractivity contribution in [3.63, 3.8) is 0 Å². The van der Waals surface area contributed by atoms with Crippen LogP contribution in [0.1, 0.15) is 35.3 Å². The molecule has 3 aromatic heterocycles. The van der Waals surface area contributed by atoms with Crippen LogP contribution >= 0.6 is 0 Å². The number of imide groups is 1. The summed E-state index contributed by atoms with van der Waals surface area (Å²) in [6.07, 6.45) is 9.53. The fraction of sp³-hybridized carbons (Fsp3) is 0.211. The molecule has 3 N–H and O–H groups in total. The van der Waals surface area contributed by atoms with Gasteiger partial charge in [-0.25, -0.2) is 9.97 Å². The second-order valence-corrected chi connectivity index (χ2v) is 7.05. The summed E-state index contributed by atoms with van der Waals surface area (Å²) in [4.78, 5) is 48.2. The molecule has 0 unspecified atom stereocenters. The second kappa shape index (κ2) is 7.03. The molecule has 2 aliphatic rings. The molecular formula is C19H16N8O3. The van der Waals surface area contributed by atoms with Crippen LogP contribution in [0.4, 0.5) is 11.6 Å². The lowest BCUT2D eigenvalue weighted by Crippen LogP contribution is -2.19. The molecule has 1 saturated heterocycles. The molecule has 1 aliphatic carbocycles. The van der Waals surface area contributed by atoms with Gasteiger partial charge in [0.2, 0.25) is 5.91 Å². The highest BCUT2D eigenvalue weighted by Crippen LogP contribution is 2.28. The van der Waals surface area contributed by atoms with E-state index in [0.29, 0.717) is 34.5 Å². The topological polar surface area (TPSA) is 143 Å². The maximum absolute atomic E-state index is 12.5. The SMILES string of the molecule is O=C1C/C(=C\c2cnn3c(NC4CC4)cc(NC(=O)c4cnccn4)nc23)C(=O)N1. The smallest absolute Gasteiger partial charge is 0.277 e. The van der Waals surface area contributed by atoms with Gasteiger partial charge in [0, 0.05) is 35.6 Å². The quantitative estimate of drug-likeness (QED) is 0.418. The van der Waals surface area contributed by atoms with Crippen LogP contribution in [-0.4, -0.2) is 48.3 Å². The number of rotatable bonds is 5. The number of fused-ring (bicyclic) bond motifs is 1. The Hall–Kier alpha value is -4.15. The highest BCUT2D eigenvalue weighted by atomic mass is 16.2. The molecule has 0 bridgehead atoms. The highest BCUT2D eigenvalue weighted by molar-refractivity contribution is 6.15. The lowest BCUT2D eigenvalue weighted by Gasteiger charge is -2.10. The fourth-order valence-corrected chi connectivity index (χ4v) is 3.09. The molecule has 3 amide bonds. The van der Waals surface area contributed by atoms with Gasteiger partial charge >= 0.3 is 0 Å². The normalized spacial score (nSPS) is 17.4. The number of aromatic nitrogens is 5. The minimum atomic E-state index is -0.447. The van der Waals surface area contributed by atoms with Crippen molar-refractivity contribution in [1.82, 2.24) is 29.9 Å². The first-order valence-corrected chi connectivity index (χ1v) is 9.34. The standard InChI is InChI=1S/C19H16N8O3/c28-16-6-10(18(29)26-16)5-11-8-22-27-15(23-12-1-2-12)7-14(24-17(11)27)25-19(30)13-9-20-3-4-21-13/h3-5,7-9,12,23H,1-2,6H2,(H,24,25,30)(H,26,28,29)/b10-5+. The predicted molar refractivity (Wildman–Crippen MR) is 105 cm³/mol. The molecule has 4 heterocycles. The van der Waals surface area contributed by atoms with Crippen LogP contribution in [-0.2, 0) is 9.59 Å². The van der Waals surface area contributed by atoms with E-state index in [2.05, 4.69) is 36.0 Å². The van der Waals surface area contributed by atoms with Crippen molar-refractivity contribution in [2.45, 2.75) is 25.3 Å². The van der Waals surface area contributed by atoms with E-state index in [1.165, 1.54) is 18.6 Å². The molecule has 2 fully saturated rings. The minimum absolute atomic E-state index is 0.00641. The molecule has 0 radical (unpaired) electrons. The molecule has 5 rings (SSSR count). The number of carbonyl (C=O) groups is 3. The Balaban J connectivity index is 1.54. The fourth-order valence-electron chi connectivity index (χ4n) is 3.09. The van der Waals surface area contributed by atoms with Gasteiger partial charge < -0.3 is 10.6 Å². The Morgan fingerprint density at radius 3 is 2.80 bits per heavy atom. The van der Waals surface area contributed by atoms with Crippen molar-refractivity contribution in [3.8, 4) is 0 Å². The summed E-state index contributed by atoms with van der Waals surface area (Å²) in [7, 11) is 0. The van der Waals surface area contributed by atoms with E-state index in [0.717, 1.165) is 12.8 Å². The lowest BCUT2D eigenvalue weighted by atomic mass is 10.1. The van der Waals surface area contributed by atoms with Crippen molar-refractivity contribution in [2.24, 2.45) is 0 Å². The first-order valence-electron chi connectivity index (χ1n) is 9.34. The summed E-state index contributed by atoms with van der Waals surface area (Å²) in [6.45, 7) is 0. The van der Waals surface area contributed by atoms with Crippen molar-refractivity contribution in [3.05, 3.63) is 47.7 Å². The summed E-state index contributed by atoms with van der Waals surface area (Å²) in [6, 6.07) is 2.03. The summed E-state index contributed by atoms with van der Waals surface area (Å²) in [5.74, 6) is -0.258. The molecular weight excluding hydrogens is 388 g/mol. The van der Waals surface area contributed by atoms with Gasteiger partial charge in [0.05, 0.1) is 18.8 Å². The third kappa shape index (κ3) is 3.48. The third-order valence-corrected chi connectivity index (χ3v) is 4.69. The van der Waals surface area contributed by atoms with Crippen molar-refractivity contribution >= 4 is 41.1 Å². The zero-order valence-electron chi connectivity index (χ0n) is 15.6. The Labute approximate surface area is 169 Å². The predicted octanol–water partition coefficient (Wildman–Crippen LogP) is 0.776. The molecule has 11 nitrogen and oxygen atoms in total. The van der Waals surface area contributed by atoms with Crippen LogP contribution in [0.25, 0.3) is 11.7 Å². The molecule has 0 aromatic carbocycles. The number of carbonyl (C=O) groups excluding carboxylic acids is 3. The van der Waals surface area contributed by atoms with Gasteiger partial charge in [-0.3, -0.25) is 24.7 Å². The van der Waals surface area contributed by atoms with Crippen LogP contribution in [0.15, 0.2) is 36.4 Å². The van der Waals surface area contributed by atoms with Crippen molar-refractivity contribution < 1.29 is 14.4 Å². The van der Waals surface area contributed by atoms with Crippen molar-refractivity contribution in [2.75, 3.05) is 10.6 Å². The largest absolute Gasteiger partial charge is 0.367 e. The Kier molecular flexibility index (Phi) is 4.20. The summed E-state index contributed by atoms with van der Waals surface area (Å²) in [5, 5.41) is 12.7. The summed E-state index contributed by atoms with van der Waals surface area (Å²) >= 11 is 0. The van der Waals surface area contributed by atoms with E-state index in [4.69, 9.17) is 0 Å². The Bertz CT molecular complexity index is 1210. The number of hydrogen-bond donors (Lipinski definition) is 3. The summed E-state index contributed by atoms with van der Waals surface area (Å²) < 4.78 is 1.61. The van der Waals surface area contributed by atoms with Crippen molar-refractivity contribution in [1.29, 1.82) is 0 Å². The van der Waals surface area contributed by atoms with Gasteiger partial charge in [-0.2, -0.15) is 9.61 Å². The Morgan fingerprint density at radius 1 is 1.23 bits per heavy atom. The number of hydrogen-bond acceptors (Lipinski definition) is 8. The average molecular weight is 404 g/mol. The van der Waals surface area contributed by atoms with E-state index in [9.17, 15) is 14.4 Å². The average Bonchev–Trinajstić information content (AvgIpc) is 3.37. The number of nitrogens with zero attached hydrogens (tertiary/aromatic N) is 5. The highest BCUT2D eigenvalue weighted by Gasteiger charge is 2.26. The van der Waals surface area contributed by atoms with Gasteiger partial charge in [0.25, 0.3) is 11.8 Å². The maximum atomic E-state index is 12.5. The van der Waals surface area contributed by atoms with E-state index >= 15 is 0 Å². The maximum Gasteiger partial charge on any atom is 0.277 e. The molecule has 0 spiro atoms. The molecule has 1 aliphatic heterocycles. The van der Waals surface area contributed by atoms with Crippen LogP contribution < -0.4 is 16.0 Å². The van der Waals surface area contributed by atoms with E-state index in [1.807, 2.05) is 0 Å². The number of nitrogens with one attached hydrogen (secondary N) is 3. The monoisotopic (exact) mass is 404 g/mol. The van der Waals surface area contributed by atoms with E-state index in [-0.39, 0.29) is 18.0 Å². The first-order chi connectivity index (χ1) is 14.6. The van der Waals surface area contributed by atoms with Gasteiger partial charge in [-0.1, -0.05) is 0 Å². The third-order valence-electron chi connectivity index (χ3n) is 4.69. The molecule has 30 heavy (non-hydrogen) atoms. The van der Waals surface area contributed by atoms with Gasteiger partial charge in [0.15, 0.2) is 5.65 Å². The van der Waals surface area contributed by atoms with E-state index in [1.54, 1.807) is 22.9 Å².